The zero-order chi connectivity index (χ0) is 18.3. The van der Waals surface area contributed by atoms with Crippen LogP contribution in [0, 0.1) is 6.92 Å². The standard InChI is InChI=1S/C9H8F3NO.C7H14F2/c1-5-7(6(2)14)3-4-8(13-5)9(10,11)12;1-3-5-6-7(8,9)4-2/h3-4,14H,2H2,1H3;3-6H2,1-2H3. The number of pyridine rings is 1. The summed E-state index contributed by atoms with van der Waals surface area (Å²) in [6.45, 7) is 8.04. The summed E-state index contributed by atoms with van der Waals surface area (Å²) in [5, 5.41) is 8.98. The highest BCUT2D eigenvalue weighted by atomic mass is 19.4. The van der Waals surface area contributed by atoms with Crippen molar-refractivity contribution in [2.24, 2.45) is 0 Å². The van der Waals surface area contributed by atoms with E-state index in [-0.39, 0.29) is 29.9 Å². The first-order chi connectivity index (χ1) is 10.4. The second-order valence-corrected chi connectivity index (χ2v) is 5.09. The third-order valence-corrected chi connectivity index (χ3v) is 3.10. The number of unbranched alkanes of at least 4 members (excludes halogenated alkanes) is 1. The largest absolute Gasteiger partial charge is 0.508 e. The molecule has 0 aliphatic carbocycles. The fraction of sp³-hybridized carbons (Fsp3) is 0.562. The third-order valence-electron chi connectivity index (χ3n) is 3.10. The van der Waals surface area contributed by atoms with Crippen LogP contribution in [-0.4, -0.2) is 16.0 Å². The molecule has 2 nitrogen and oxygen atoms in total. The Morgan fingerprint density at radius 2 is 1.74 bits per heavy atom. The van der Waals surface area contributed by atoms with E-state index in [1.807, 2.05) is 6.92 Å². The van der Waals surface area contributed by atoms with Gasteiger partial charge < -0.3 is 5.11 Å². The minimum atomic E-state index is -4.46. The molecule has 23 heavy (non-hydrogen) atoms. The van der Waals surface area contributed by atoms with Crippen LogP contribution in [0.5, 0.6) is 0 Å². The highest BCUT2D eigenvalue weighted by molar-refractivity contribution is 5.57. The molecule has 0 amide bonds. The van der Waals surface area contributed by atoms with Gasteiger partial charge in [0.15, 0.2) is 0 Å². The van der Waals surface area contributed by atoms with Crippen molar-refractivity contribution in [1.29, 1.82) is 0 Å². The first-order valence-electron chi connectivity index (χ1n) is 7.25. The predicted molar refractivity (Wildman–Crippen MR) is 80.4 cm³/mol. The maximum absolute atomic E-state index is 12.3. The molecule has 0 bridgehead atoms. The molecule has 0 aliphatic heterocycles. The van der Waals surface area contributed by atoms with E-state index in [9.17, 15) is 22.0 Å². The molecule has 1 rings (SSSR count). The van der Waals surface area contributed by atoms with Gasteiger partial charge in [0.1, 0.15) is 11.5 Å². The summed E-state index contributed by atoms with van der Waals surface area (Å²) >= 11 is 0. The van der Waals surface area contributed by atoms with Crippen molar-refractivity contribution in [3.05, 3.63) is 35.7 Å². The maximum atomic E-state index is 12.3. The molecule has 0 radical (unpaired) electrons. The number of nitrogens with zero attached hydrogens (tertiary/aromatic N) is 1. The smallest absolute Gasteiger partial charge is 0.433 e. The van der Waals surface area contributed by atoms with Crippen LogP contribution in [0.2, 0.25) is 0 Å². The second-order valence-electron chi connectivity index (χ2n) is 5.09. The van der Waals surface area contributed by atoms with Gasteiger partial charge in [0.25, 0.3) is 0 Å². The van der Waals surface area contributed by atoms with Gasteiger partial charge in [-0.3, -0.25) is 0 Å². The second kappa shape index (κ2) is 8.84. The molecule has 0 unspecified atom stereocenters. The quantitative estimate of drug-likeness (QED) is 0.515. The van der Waals surface area contributed by atoms with Crippen LogP contribution in [0.1, 0.15) is 56.5 Å². The molecule has 132 valence electrons. The van der Waals surface area contributed by atoms with E-state index in [0.717, 1.165) is 18.6 Å². The monoisotopic (exact) mass is 339 g/mol. The lowest BCUT2D eigenvalue weighted by atomic mass is 10.1. The molecule has 0 aliphatic rings. The van der Waals surface area contributed by atoms with Gasteiger partial charge in [0, 0.05) is 24.1 Å². The number of hydrogen-bond acceptors (Lipinski definition) is 2. The summed E-state index contributed by atoms with van der Waals surface area (Å²) in [6.07, 6.45) is -2.93. The summed E-state index contributed by atoms with van der Waals surface area (Å²) < 4.78 is 61.1. The van der Waals surface area contributed by atoms with Gasteiger partial charge in [0.2, 0.25) is 5.92 Å². The zero-order valence-corrected chi connectivity index (χ0v) is 13.5. The summed E-state index contributed by atoms with van der Waals surface area (Å²) in [7, 11) is 0. The van der Waals surface area contributed by atoms with Crippen molar-refractivity contribution in [3.8, 4) is 0 Å². The Morgan fingerprint density at radius 1 is 1.17 bits per heavy atom. The number of hydrogen-bond donors (Lipinski definition) is 1. The Hall–Kier alpha value is -1.66. The molecule has 0 spiro atoms. The van der Waals surface area contributed by atoms with E-state index in [2.05, 4.69) is 11.6 Å². The number of rotatable bonds is 5. The number of alkyl halides is 5. The molecule has 1 aromatic heterocycles. The molecule has 0 atom stereocenters. The maximum Gasteiger partial charge on any atom is 0.433 e. The van der Waals surface area contributed by atoms with E-state index in [1.165, 1.54) is 13.8 Å². The minimum absolute atomic E-state index is 0.0208. The van der Waals surface area contributed by atoms with Gasteiger partial charge in [-0.15, -0.1) is 0 Å². The molecule has 1 aromatic rings. The van der Waals surface area contributed by atoms with E-state index in [4.69, 9.17) is 5.11 Å². The molecule has 0 fully saturated rings. The Labute approximate surface area is 133 Å². The zero-order valence-electron chi connectivity index (χ0n) is 13.5. The third kappa shape index (κ3) is 7.95. The molecule has 7 heteroatoms. The lowest BCUT2D eigenvalue weighted by molar-refractivity contribution is -0.141. The summed E-state index contributed by atoms with van der Waals surface area (Å²) in [5.41, 5.74) is -0.648. The highest BCUT2D eigenvalue weighted by Crippen LogP contribution is 2.28. The average Bonchev–Trinajstić information content (AvgIpc) is 2.44. The summed E-state index contributed by atoms with van der Waals surface area (Å²) in [6, 6.07) is 1.96. The minimum Gasteiger partial charge on any atom is -0.508 e. The van der Waals surface area contributed by atoms with Gasteiger partial charge in [-0.2, -0.15) is 13.2 Å². The van der Waals surface area contributed by atoms with E-state index >= 15 is 0 Å². The van der Waals surface area contributed by atoms with Crippen molar-refractivity contribution in [2.45, 2.75) is 58.6 Å². The van der Waals surface area contributed by atoms with Crippen LogP contribution < -0.4 is 0 Å². The first-order valence-corrected chi connectivity index (χ1v) is 7.25. The van der Waals surface area contributed by atoms with Crippen molar-refractivity contribution in [2.75, 3.05) is 0 Å². The van der Waals surface area contributed by atoms with Crippen molar-refractivity contribution >= 4 is 5.76 Å². The van der Waals surface area contributed by atoms with Crippen molar-refractivity contribution in [3.63, 3.8) is 0 Å². The molecule has 1 N–H and O–H groups in total. The predicted octanol–water partition coefficient (Wildman–Crippen LogP) is 6.16. The lowest BCUT2D eigenvalue weighted by Crippen LogP contribution is -2.13. The number of aliphatic hydroxyl groups excluding tert-OH is 1. The summed E-state index contributed by atoms with van der Waals surface area (Å²) in [5.74, 6) is -2.69. The highest BCUT2D eigenvalue weighted by Gasteiger charge is 2.32. The van der Waals surface area contributed by atoms with E-state index in [1.54, 1.807) is 0 Å². The lowest BCUT2D eigenvalue weighted by Gasteiger charge is -2.11. The fourth-order valence-electron chi connectivity index (χ4n) is 1.64. The van der Waals surface area contributed by atoms with Crippen LogP contribution in [0.15, 0.2) is 18.7 Å². The van der Waals surface area contributed by atoms with Crippen LogP contribution >= 0.6 is 0 Å². The first kappa shape index (κ1) is 21.3. The Kier molecular flexibility index (Phi) is 8.20. The van der Waals surface area contributed by atoms with Crippen LogP contribution in [-0.2, 0) is 6.18 Å². The Balaban J connectivity index is 0.000000468. The number of aliphatic hydroxyl groups is 1. The molecule has 0 aromatic carbocycles. The van der Waals surface area contributed by atoms with Crippen LogP contribution in [0.4, 0.5) is 22.0 Å². The topological polar surface area (TPSA) is 33.1 Å². The SMILES string of the molecule is C=C(O)c1ccc(C(F)(F)F)nc1C.CCCCC(F)(F)CC. The number of aryl methyl sites for hydroxylation is 1. The van der Waals surface area contributed by atoms with Gasteiger partial charge in [-0.05, 0) is 25.5 Å². The molecular formula is C16H22F5NO. The van der Waals surface area contributed by atoms with Gasteiger partial charge in [0.05, 0.1) is 0 Å². The average molecular weight is 339 g/mol. The normalized spacial score (nSPS) is 11.7. The van der Waals surface area contributed by atoms with E-state index in [0.29, 0.717) is 6.42 Å². The van der Waals surface area contributed by atoms with Gasteiger partial charge in [-0.1, -0.05) is 26.8 Å². The van der Waals surface area contributed by atoms with Gasteiger partial charge >= 0.3 is 6.18 Å². The van der Waals surface area contributed by atoms with Crippen LogP contribution in [0.3, 0.4) is 0 Å². The molecule has 0 saturated carbocycles. The summed E-state index contributed by atoms with van der Waals surface area (Å²) in [4.78, 5) is 3.32. The number of aromatic nitrogens is 1. The van der Waals surface area contributed by atoms with Crippen molar-refractivity contribution in [1.82, 2.24) is 4.98 Å². The Bertz CT molecular complexity index is 512. The fourth-order valence-corrected chi connectivity index (χ4v) is 1.64. The molecule has 1 heterocycles. The van der Waals surface area contributed by atoms with Crippen LogP contribution in [0.25, 0.3) is 5.76 Å². The Morgan fingerprint density at radius 3 is 2.09 bits per heavy atom. The molecule has 0 saturated heterocycles. The van der Waals surface area contributed by atoms with Crippen molar-refractivity contribution < 1.29 is 27.1 Å². The van der Waals surface area contributed by atoms with Gasteiger partial charge in [-0.25, -0.2) is 13.8 Å². The molecular weight excluding hydrogens is 317 g/mol. The van der Waals surface area contributed by atoms with E-state index < -0.39 is 17.8 Å². The number of halogens is 5.